The summed E-state index contributed by atoms with van der Waals surface area (Å²) in [7, 11) is 0. The third kappa shape index (κ3) is 7.22. The summed E-state index contributed by atoms with van der Waals surface area (Å²) in [4.78, 5) is 20.2. The van der Waals surface area contributed by atoms with Crippen LogP contribution in [0.2, 0.25) is 5.02 Å². The van der Waals surface area contributed by atoms with Crippen LogP contribution in [-0.2, 0) is 6.18 Å². The zero-order chi connectivity index (χ0) is 23.8. The van der Waals surface area contributed by atoms with Crippen LogP contribution in [0, 0.1) is 0 Å². The van der Waals surface area contributed by atoms with Crippen molar-refractivity contribution in [1.82, 2.24) is 9.97 Å². The Morgan fingerprint density at radius 2 is 1.73 bits per heavy atom. The SMILES string of the molecule is O=C(Nc1ccc(Oc2cc(NCCCO)ncn2)cc1)Nc1ccc(Cl)c(C(F)(F)F)c1. The number of hydrogen-bond acceptors (Lipinski definition) is 6. The lowest BCUT2D eigenvalue weighted by Gasteiger charge is -2.12. The van der Waals surface area contributed by atoms with Crippen molar-refractivity contribution in [1.29, 1.82) is 0 Å². The van der Waals surface area contributed by atoms with Gasteiger partial charge >= 0.3 is 12.2 Å². The number of aliphatic hydroxyl groups is 1. The zero-order valence-electron chi connectivity index (χ0n) is 17.0. The highest BCUT2D eigenvalue weighted by molar-refractivity contribution is 6.31. The summed E-state index contributed by atoms with van der Waals surface area (Å²) >= 11 is 5.58. The number of benzene rings is 2. The standard InChI is InChI=1S/C21H19ClF3N5O3/c22-17-7-4-14(10-16(17)21(23,24)25)30-20(32)29-13-2-5-15(6-3-13)33-19-11-18(27-12-28-19)26-8-1-9-31/h2-7,10-12,31H,1,8-9H2,(H,26,27,28)(H2,29,30,32). The van der Waals surface area contributed by atoms with Gasteiger partial charge in [-0.3, -0.25) is 0 Å². The minimum atomic E-state index is -4.64. The van der Waals surface area contributed by atoms with Crippen LogP contribution in [0.4, 0.5) is 35.2 Å². The number of aromatic nitrogens is 2. The Bertz CT molecular complexity index is 1100. The first-order valence-electron chi connectivity index (χ1n) is 9.64. The Kier molecular flexibility index (Phi) is 7.91. The van der Waals surface area contributed by atoms with Crippen molar-refractivity contribution >= 4 is 34.8 Å². The average Bonchev–Trinajstić information content (AvgIpc) is 2.76. The summed E-state index contributed by atoms with van der Waals surface area (Å²) in [5.41, 5.74) is -0.713. The Labute approximate surface area is 191 Å². The van der Waals surface area contributed by atoms with E-state index < -0.39 is 22.8 Å². The molecule has 0 bridgehead atoms. The predicted octanol–water partition coefficient (Wildman–Crippen LogP) is 5.38. The second kappa shape index (κ2) is 10.8. The second-order valence-electron chi connectivity index (χ2n) is 6.64. The fourth-order valence-electron chi connectivity index (χ4n) is 2.63. The van der Waals surface area contributed by atoms with Crippen LogP contribution in [-0.4, -0.2) is 34.3 Å². The molecule has 0 fully saturated rings. The van der Waals surface area contributed by atoms with Gasteiger partial charge in [-0.15, -0.1) is 0 Å². The molecule has 33 heavy (non-hydrogen) atoms. The molecular formula is C21H19ClF3N5O3. The normalized spacial score (nSPS) is 11.1. The molecule has 0 aliphatic heterocycles. The van der Waals surface area contributed by atoms with Crippen molar-refractivity contribution in [3.63, 3.8) is 0 Å². The number of amides is 2. The number of alkyl halides is 3. The van der Waals surface area contributed by atoms with Crippen molar-refractivity contribution < 1.29 is 27.8 Å². The van der Waals surface area contributed by atoms with Gasteiger partial charge in [-0.1, -0.05) is 11.6 Å². The Morgan fingerprint density at radius 1 is 1.03 bits per heavy atom. The predicted molar refractivity (Wildman–Crippen MR) is 118 cm³/mol. The van der Waals surface area contributed by atoms with Crippen LogP contribution < -0.4 is 20.7 Å². The van der Waals surface area contributed by atoms with Gasteiger partial charge in [0.1, 0.15) is 17.9 Å². The number of halogens is 4. The maximum Gasteiger partial charge on any atom is 0.417 e. The number of rotatable bonds is 8. The highest BCUT2D eigenvalue weighted by Crippen LogP contribution is 2.36. The molecule has 0 aliphatic rings. The molecule has 3 rings (SSSR count). The minimum Gasteiger partial charge on any atom is -0.439 e. The molecule has 2 aromatic carbocycles. The van der Waals surface area contributed by atoms with Crippen molar-refractivity contribution in [3.05, 3.63) is 65.4 Å². The Hall–Kier alpha value is -3.57. The lowest BCUT2D eigenvalue weighted by Crippen LogP contribution is -2.19. The quantitative estimate of drug-likeness (QED) is 0.322. The van der Waals surface area contributed by atoms with Gasteiger partial charge in [0.25, 0.3) is 0 Å². The van der Waals surface area contributed by atoms with E-state index in [0.29, 0.717) is 30.2 Å². The molecular weight excluding hydrogens is 463 g/mol. The smallest absolute Gasteiger partial charge is 0.417 e. The van der Waals surface area contributed by atoms with E-state index in [4.69, 9.17) is 21.4 Å². The number of carbonyl (C=O) groups excluding carboxylic acids is 1. The van der Waals surface area contributed by atoms with Gasteiger partial charge < -0.3 is 25.8 Å². The fourth-order valence-corrected chi connectivity index (χ4v) is 2.85. The average molecular weight is 482 g/mol. The summed E-state index contributed by atoms with van der Waals surface area (Å²) in [6.45, 7) is 0.608. The molecule has 8 nitrogen and oxygen atoms in total. The van der Waals surface area contributed by atoms with Gasteiger partial charge in [0.15, 0.2) is 0 Å². The van der Waals surface area contributed by atoms with Crippen molar-refractivity contribution in [2.45, 2.75) is 12.6 Å². The summed E-state index contributed by atoms with van der Waals surface area (Å²) in [5, 5.41) is 16.2. The van der Waals surface area contributed by atoms with E-state index in [1.54, 1.807) is 30.3 Å². The molecule has 12 heteroatoms. The van der Waals surface area contributed by atoms with E-state index in [0.717, 1.165) is 12.1 Å². The van der Waals surface area contributed by atoms with E-state index >= 15 is 0 Å². The third-order valence-electron chi connectivity index (χ3n) is 4.15. The molecule has 0 unspecified atom stereocenters. The molecule has 0 spiro atoms. The largest absolute Gasteiger partial charge is 0.439 e. The molecule has 4 N–H and O–H groups in total. The third-order valence-corrected chi connectivity index (χ3v) is 4.48. The Balaban J connectivity index is 1.58. The van der Waals surface area contributed by atoms with E-state index in [2.05, 4.69) is 25.9 Å². The summed E-state index contributed by atoms with van der Waals surface area (Å²) in [6, 6.07) is 10.2. The molecule has 1 heterocycles. The number of ether oxygens (including phenoxy) is 1. The topological polar surface area (TPSA) is 108 Å². The van der Waals surface area contributed by atoms with Gasteiger partial charge in [-0.25, -0.2) is 14.8 Å². The fraction of sp³-hybridized carbons (Fsp3) is 0.190. The number of nitrogens with zero attached hydrogens (tertiary/aromatic N) is 2. The minimum absolute atomic E-state index is 0.0589. The van der Waals surface area contributed by atoms with Crippen LogP contribution in [0.25, 0.3) is 0 Å². The van der Waals surface area contributed by atoms with Crippen molar-refractivity contribution in [2.24, 2.45) is 0 Å². The number of carbonyl (C=O) groups is 1. The molecule has 2 amide bonds. The van der Waals surface area contributed by atoms with E-state index in [-0.39, 0.29) is 18.2 Å². The highest BCUT2D eigenvalue weighted by atomic mass is 35.5. The first kappa shape index (κ1) is 24.1. The summed E-state index contributed by atoms with van der Waals surface area (Å²) < 4.78 is 44.5. The van der Waals surface area contributed by atoms with E-state index in [1.165, 1.54) is 12.4 Å². The second-order valence-corrected chi connectivity index (χ2v) is 7.05. The number of anilines is 3. The zero-order valence-corrected chi connectivity index (χ0v) is 17.7. The maximum absolute atomic E-state index is 13.0. The lowest BCUT2D eigenvalue weighted by atomic mass is 10.2. The number of aliphatic hydroxyl groups excluding tert-OH is 1. The van der Waals surface area contributed by atoms with Gasteiger partial charge in [0.2, 0.25) is 5.88 Å². The molecule has 3 aromatic rings. The monoisotopic (exact) mass is 481 g/mol. The van der Waals surface area contributed by atoms with Crippen LogP contribution >= 0.6 is 11.6 Å². The number of urea groups is 1. The van der Waals surface area contributed by atoms with Crippen LogP contribution in [0.1, 0.15) is 12.0 Å². The van der Waals surface area contributed by atoms with Gasteiger partial charge in [-0.2, -0.15) is 13.2 Å². The van der Waals surface area contributed by atoms with Gasteiger partial charge in [0.05, 0.1) is 10.6 Å². The van der Waals surface area contributed by atoms with Crippen LogP contribution in [0.3, 0.4) is 0 Å². The van der Waals surface area contributed by atoms with Crippen molar-refractivity contribution in [2.75, 3.05) is 29.1 Å². The first-order valence-corrected chi connectivity index (χ1v) is 10.0. The summed E-state index contributed by atoms with van der Waals surface area (Å²) in [6.07, 6.45) is -2.73. The van der Waals surface area contributed by atoms with Crippen molar-refractivity contribution in [3.8, 4) is 11.6 Å². The maximum atomic E-state index is 13.0. The molecule has 0 aliphatic carbocycles. The lowest BCUT2D eigenvalue weighted by molar-refractivity contribution is -0.137. The van der Waals surface area contributed by atoms with E-state index in [9.17, 15) is 18.0 Å². The van der Waals surface area contributed by atoms with Crippen LogP contribution in [0.5, 0.6) is 11.6 Å². The molecule has 0 radical (unpaired) electrons. The number of hydrogen-bond donors (Lipinski definition) is 4. The molecule has 174 valence electrons. The van der Waals surface area contributed by atoms with E-state index in [1.807, 2.05) is 0 Å². The molecule has 0 saturated carbocycles. The van der Waals surface area contributed by atoms with Gasteiger partial charge in [0, 0.05) is 30.6 Å². The highest BCUT2D eigenvalue weighted by Gasteiger charge is 2.33. The first-order chi connectivity index (χ1) is 15.7. The molecule has 1 aromatic heterocycles. The molecule has 0 saturated heterocycles. The van der Waals surface area contributed by atoms with Gasteiger partial charge in [-0.05, 0) is 48.9 Å². The number of nitrogens with one attached hydrogen (secondary N) is 3. The van der Waals surface area contributed by atoms with Crippen LogP contribution in [0.15, 0.2) is 54.9 Å². The Morgan fingerprint density at radius 3 is 2.42 bits per heavy atom. The molecule has 0 atom stereocenters. The summed E-state index contributed by atoms with van der Waals surface area (Å²) in [5.74, 6) is 1.27.